The number of aryl methyl sites for hydroxylation is 2. The minimum absolute atomic E-state index is 0.267. The number of nitrogens with one attached hydrogen (secondary N) is 3. The summed E-state index contributed by atoms with van der Waals surface area (Å²) in [7, 11) is 0. The number of aromatic nitrogens is 3. The summed E-state index contributed by atoms with van der Waals surface area (Å²) in [6.07, 6.45) is 7.48. The summed E-state index contributed by atoms with van der Waals surface area (Å²) in [5, 5.41) is 7.22. The number of carbonyl (C=O) groups excluding carboxylic acids is 2. The van der Waals surface area contributed by atoms with E-state index >= 15 is 0 Å². The number of hydrogen-bond acceptors (Lipinski definition) is 3. The number of carbonyl (C=O) groups is 2. The van der Waals surface area contributed by atoms with Gasteiger partial charge in [-0.15, -0.1) is 0 Å². The zero-order chi connectivity index (χ0) is 23.5. The van der Waals surface area contributed by atoms with Crippen molar-refractivity contribution in [2.24, 2.45) is 0 Å². The third kappa shape index (κ3) is 4.70. The van der Waals surface area contributed by atoms with Crippen LogP contribution in [0.25, 0.3) is 10.9 Å². The van der Waals surface area contributed by atoms with E-state index in [9.17, 15) is 9.59 Å². The summed E-state index contributed by atoms with van der Waals surface area (Å²) in [5.41, 5.74) is 3.10. The lowest BCUT2D eigenvalue weighted by Crippen LogP contribution is -2.47. The highest BCUT2D eigenvalue weighted by Crippen LogP contribution is 2.20. The molecule has 0 spiro atoms. The first kappa shape index (κ1) is 22.2. The molecule has 0 aliphatic carbocycles. The molecule has 2 aromatic heterocycles. The van der Waals surface area contributed by atoms with Crippen LogP contribution in [0.3, 0.4) is 0 Å². The van der Waals surface area contributed by atoms with Crippen LogP contribution >= 0.6 is 11.6 Å². The van der Waals surface area contributed by atoms with Gasteiger partial charge in [-0.3, -0.25) is 9.59 Å². The van der Waals surface area contributed by atoms with Crippen molar-refractivity contribution in [1.82, 2.24) is 25.2 Å². The summed E-state index contributed by atoms with van der Waals surface area (Å²) >= 11 is 6.22. The Hall–Kier alpha value is -3.58. The summed E-state index contributed by atoms with van der Waals surface area (Å²) < 4.78 is 2.16. The number of aromatic amines is 1. The molecule has 2 aromatic carbocycles. The molecule has 1 atom stereocenters. The molecule has 7 nitrogen and oxygen atoms in total. The maximum atomic E-state index is 13.3. The highest BCUT2D eigenvalue weighted by molar-refractivity contribution is 6.33. The maximum Gasteiger partial charge on any atom is 0.253 e. The molecule has 0 bridgehead atoms. The molecule has 2 amide bonds. The van der Waals surface area contributed by atoms with Gasteiger partial charge in [0, 0.05) is 42.7 Å². The van der Waals surface area contributed by atoms with E-state index in [0.29, 0.717) is 23.6 Å². The fourth-order valence-electron chi connectivity index (χ4n) is 4.47. The van der Waals surface area contributed by atoms with Crippen LogP contribution in [-0.2, 0) is 30.7 Å². The molecule has 0 radical (unpaired) electrons. The van der Waals surface area contributed by atoms with E-state index in [-0.39, 0.29) is 11.8 Å². The second kappa shape index (κ2) is 9.73. The predicted molar refractivity (Wildman–Crippen MR) is 132 cm³/mol. The molecule has 0 saturated heterocycles. The minimum Gasteiger partial charge on any atom is -0.361 e. The van der Waals surface area contributed by atoms with Crippen molar-refractivity contribution in [2.45, 2.75) is 44.8 Å². The van der Waals surface area contributed by atoms with Gasteiger partial charge in [-0.05, 0) is 36.6 Å². The zero-order valence-electron chi connectivity index (χ0n) is 18.7. The Labute approximate surface area is 202 Å². The Kier molecular flexibility index (Phi) is 6.36. The highest BCUT2D eigenvalue weighted by atomic mass is 35.5. The Balaban J connectivity index is 1.35. The largest absolute Gasteiger partial charge is 0.361 e. The lowest BCUT2D eigenvalue weighted by Gasteiger charge is -2.18. The number of amides is 2. The molecular weight excluding hydrogens is 450 g/mol. The number of halogens is 1. The molecule has 3 N–H and O–H groups in total. The first-order valence-electron chi connectivity index (χ1n) is 11.5. The zero-order valence-corrected chi connectivity index (χ0v) is 19.4. The third-order valence-electron chi connectivity index (χ3n) is 6.24. The van der Waals surface area contributed by atoms with Gasteiger partial charge in [0.1, 0.15) is 11.9 Å². The van der Waals surface area contributed by atoms with Crippen LogP contribution in [0.15, 0.2) is 60.9 Å². The number of nitrogens with zero attached hydrogens (tertiary/aromatic N) is 2. The molecule has 174 valence electrons. The molecule has 1 unspecified atom stereocenters. The molecule has 4 aromatic rings. The molecule has 5 rings (SSSR count). The normalized spacial score (nSPS) is 13.9. The Morgan fingerprint density at radius 3 is 2.79 bits per heavy atom. The van der Waals surface area contributed by atoms with E-state index in [0.717, 1.165) is 53.8 Å². The molecule has 0 saturated carbocycles. The van der Waals surface area contributed by atoms with Crippen molar-refractivity contribution >= 4 is 34.3 Å². The van der Waals surface area contributed by atoms with Crippen LogP contribution in [0.1, 0.15) is 40.3 Å². The predicted octanol–water partition coefficient (Wildman–Crippen LogP) is 4.01. The van der Waals surface area contributed by atoms with Crippen molar-refractivity contribution in [2.75, 3.05) is 0 Å². The number of fused-ring (bicyclic) bond motifs is 2. The number of H-pyrrole nitrogens is 1. The summed E-state index contributed by atoms with van der Waals surface area (Å²) in [6, 6.07) is 13.9. The smallest absolute Gasteiger partial charge is 0.253 e. The van der Waals surface area contributed by atoms with Gasteiger partial charge in [0.15, 0.2) is 0 Å². The Morgan fingerprint density at radius 2 is 1.94 bits per heavy atom. The number of hydrogen-bond donors (Lipinski definition) is 3. The number of para-hydroxylation sites is 1. The number of imidazole rings is 1. The average Bonchev–Trinajstić information content (AvgIpc) is 3.46. The van der Waals surface area contributed by atoms with Gasteiger partial charge in [-0.2, -0.15) is 0 Å². The van der Waals surface area contributed by atoms with E-state index in [1.807, 2.05) is 36.7 Å². The van der Waals surface area contributed by atoms with E-state index < -0.39 is 6.04 Å². The second-order valence-corrected chi connectivity index (χ2v) is 8.99. The van der Waals surface area contributed by atoms with Gasteiger partial charge >= 0.3 is 0 Å². The molecule has 34 heavy (non-hydrogen) atoms. The topological polar surface area (TPSA) is 91.8 Å². The van der Waals surface area contributed by atoms with E-state index in [4.69, 9.17) is 11.6 Å². The van der Waals surface area contributed by atoms with Crippen LogP contribution in [0.2, 0.25) is 5.02 Å². The van der Waals surface area contributed by atoms with E-state index in [1.165, 1.54) is 0 Å². The van der Waals surface area contributed by atoms with E-state index in [1.54, 1.807) is 24.3 Å². The lowest BCUT2D eigenvalue weighted by molar-refractivity contribution is -0.123. The molecular formula is C26H26ClN5O2. The Bertz CT molecular complexity index is 1320. The standard InChI is InChI=1S/C26H26ClN5O2/c27-21-9-3-1-8-20(21)25(33)31-23(13-17-14-28-22-10-4-2-7-19(17)22)26(34)29-15-18-16-32-12-6-5-11-24(32)30-18/h1-4,7-10,14,16,23,28H,5-6,11-13,15H2,(H,29,34)(H,31,33). The summed E-state index contributed by atoms with van der Waals surface area (Å²) in [6.45, 7) is 1.28. The second-order valence-electron chi connectivity index (χ2n) is 8.59. The van der Waals surface area contributed by atoms with Gasteiger partial charge in [-0.25, -0.2) is 4.98 Å². The van der Waals surface area contributed by atoms with Crippen molar-refractivity contribution in [3.63, 3.8) is 0 Å². The molecule has 1 aliphatic heterocycles. The van der Waals surface area contributed by atoms with E-state index in [2.05, 4.69) is 25.2 Å². The monoisotopic (exact) mass is 475 g/mol. The molecule has 3 heterocycles. The van der Waals surface area contributed by atoms with Crippen LogP contribution in [0, 0.1) is 0 Å². The van der Waals surface area contributed by atoms with Crippen molar-refractivity contribution in [3.05, 3.63) is 88.6 Å². The van der Waals surface area contributed by atoms with Crippen molar-refractivity contribution in [1.29, 1.82) is 0 Å². The van der Waals surface area contributed by atoms with Crippen LogP contribution < -0.4 is 10.6 Å². The van der Waals surface area contributed by atoms with Gasteiger partial charge in [0.2, 0.25) is 5.91 Å². The fraction of sp³-hybridized carbons (Fsp3) is 0.269. The highest BCUT2D eigenvalue weighted by Gasteiger charge is 2.24. The van der Waals surface area contributed by atoms with Crippen LogP contribution in [0.5, 0.6) is 0 Å². The first-order chi connectivity index (χ1) is 16.6. The first-order valence-corrected chi connectivity index (χ1v) is 11.9. The average molecular weight is 476 g/mol. The van der Waals surface area contributed by atoms with Gasteiger partial charge < -0.3 is 20.2 Å². The molecule has 0 fully saturated rings. The number of benzene rings is 2. The van der Waals surface area contributed by atoms with Gasteiger partial charge in [0.05, 0.1) is 22.8 Å². The Morgan fingerprint density at radius 1 is 1.12 bits per heavy atom. The lowest BCUT2D eigenvalue weighted by atomic mass is 10.0. The molecule has 1 aliphatic rings. The van der Waals surface area contributed by atoms with Gasteiger partial charge in [-0.1, -0.05) is 41.9 Å². The van der Waals surface area contributed by atoms with Crippen LogP contribution in [0.4, 0.5) is 0 Å². The quantitative estimate of drug-likeness (QED) is 0.377. The third-order valence-corrected chi connectivity index (χ3v) is 6.57. The fourth-order valence-corrected chi connectivity index (χ4v) is 4.69. The van der Waals surface area contributed by atoms with Gasteiger partial charge in [0.25, 0.3) is 5.91 Å². The summed E-state index contributed by atoms with van der Waals surface area (Å²) in [4.78, 5) is 34.1. The molecule has 8 heteroatoms. The summed E-state index contributed by atoms with van der Waals surface area (Å²) in [5.74, 6) is 0.414. The SMILES string of the molecule is O=C(NC(Cc1c[nH]c2ccccc12)C(=O)NCc1cn2c(n1)CCCC2)c1ccccc1Cl. The van der Waals surface area contributed by atoms with Crippen molar-refractivity contribution in [3.8, 4) is 0 Å². The van der Waals surface area contributed by atoms with Crippen molar-refractivity contribution < 1.29 is 9.59 Å². The minimum atomic E-state index is -0.778. The van der Waals surface area contributed by atoms with Crippen LogP contribution in [-0.4, -0.2) is 32.4 Å². The number of rotatable bonds is 7. The maximum absolute atomic E-state index is 13.3.